The number of rotatable bonds is 6. The summed E-state index contributed by atoms with van der Waals surface area (Å²) in [5.74, 6) is -1.71. The number of nitrogens with zero attached hydrogens (tertiary/aromatic N) is 1. The molecule has 200 valence electrons. The average molecular weight is 511 g/mol. The molecule has 4 rings (SSSR count). The highest BCUT2D eigenvalue weighted by Gasteiger charge is 2.51. The van der Waals surface area contributed by atoms with Gasteiger partial charge in [0.25, 0.3) is 0 Å². The summed E-state index contributed by atoms with van der Waals surface area (Å²) in [6.07, 6.45) is 3.08. The monoisotopic (exact) mass is 510 g/mol. The lowest BCUT2D eigenvalue weighted by molar-refractivity contribution is -0.149. The van der Waals surface area contributed by atoms with Gasteiger partial charge in [-0.1, -0.05) is 60.7 Å². The lowest BCUT2D eigenvalue weighted by Crippen LogP contribution is -2.55. The van der Waals surface area contributed by atoms with E-state index in [0.717, 1.165) is 30.5 Å². The van der Waals surface area contributed by atoms with Crippen LogP contribution in [0.2, 0.25) is 0 Å². The molecule has 2 aromatic carbocycles. The SMILES string of the molecule is CC(C)(C)OC(=O)N1CCC[C@@]1(Cc1ccccc1)C(=O)O.O=C(O)[C@]1(Cc2ccccc2)CCCN1. The minimum absolute atomic E-state index is 0.294. The molecule has 37 heavy (non-hydrogen) atoms. The third-order valence-electron chi connectivity index (χ3n) is 6.84. The van der Waals surface area contributed by atoms with Gasteiger partial charge in [0.05, 0.1) is 0 Å². The normalized spacial score (nSPS) is 23.2. The second-order valence-corrected chi connectivity index (χ2v) is 10.8. The van der Waals surface area contributed by atoms with Crippen LogP contribution in [0.15, 0.2) is 60.7 Å². The first-order valence-electron chi connectivity index (χ1n) is 12.8. The second-order valence-electron chi connectivity index (χ2n) is 10.8. The van der Waals surface area contributed by atoms with Crippen LogP contribution in [-0.2, 0) is 27.2 Å². The molecule has 0 aliphatic carbocycles. The van der Waals surface area contributed by atoms with Crippen LogP contribution in [0, 0.1) is 0 Å². The number of hydrogen-bond donors (Lipinski definition) is 3. The largest absolute Gasteiger partial charge is 0.480 e. The van der Waals surface area contributed by atoms with Crippen molar-refractivity contribution in [3.63, 3.8) is 0 Å². The third kappa shape index (κ3) is 7.10. The first-order chi connectivity index (χ1) is 17.5. The Morgan fingerprint density at radius 3 is 1.89 bits per heavy atom. The molecule has 2 fully saturated rings. The predicted octanol–water partition coefficient (Wildman–Crippen LogP) is 4.52. The summed E-state index contributed by atoms with van der Waals surface area (Å²) in [6, 6.07) is 19.2. The number of carboxylic acid groups (broad SMARTS) is 2. The van der Waals surface area contributed by atoms with Gasteiger partial charge < -0.3 is 20.3 Å². The van der Waals surface area contributed by atoms with Gasteiger partial charge in [-0.3, -0.25) is 9.69 Å². The van der Waals surface area contributed by atoms with Gasteiger partial charge in [0.15, 0.2) is 0 Å². The Hall–Kier alpha value is -3.39. The summed E-state index contributed by atoms with van der Waals surface area (Å²) in [5.41, 5.74) is -0.614. The van der Waals surface area contributed by atoms with Crippen molar-refractivity contribution in [1.82, 2.24) is 10.2 Å². The molecule has 2 heterocycles. The van der Waals surface area contributed by atoms with Gasteiger partial charge >= 0.3 is 18.0 Å². The molecule has 0 unspecified atom stereocenters. The van der Waals surface area contributed by atoms with Crippen molar-refractivity contribution in [2.75, 3.05) is 13.1 Å². The Balaban J connectivity index is 0.000000220. The maximum absolute atomic E-state index is 12.4. The first kappa shape index (κ1) is 28.2. The van der Waals surface area contributed by atoms with Gasteiger partial charge in [0.1, 0.15) is 16.7 Å². The molecule has 1 amide bonds. The van der Waals surface area contributed by atoms with E-state index in [2.05, 4.69) is 5.32 Å². The van der Waals surface area contributed by atoms with Crippen molar-refractivity contribution in [2.45, 2.75) is 76.0 Å². The summed E-state index contributed by atoms with van der Waals surface area (Å²) in [4.78, 5) is 37.0. The molecule has 3 N–H and O–H groups in total. The van der Waals surface area contributed by atoms with Crippen molar-refractivity contribution in [2.24, 2.45) is 0 Å². The van der Waals surface area contributed by atoms with Gasteiger partial charge in [-0.05, 0) is 64.1 Å². The highest BCUT2D eigenvalue weighted by Crippen LogP contribution is 2.34. The number of hydrogen-bond acceptors (Lipinski definition) is 5. The van der Waals surface area contributed by atoms with E-state index in [1.165, 1.54) is 4.90 Å². The molecule has 8 heteroatoms. The summed E-state index contributed by atoms with van der Waals surface area (Å²) in [7, 11) is 0. The number of benzene rings is 2. The highest BCUT2D eigenvalue weighted by molar-refractivity contribution is 5.85. The van der Waals surface area contributed by atoms with E-state index in [9.17, 15) is 24.6 Å². The van der Waals surface area contributed by atoms with Crippen LogP contribution >= 0.6 is 0 Å². The number of carbonyl (C=O) groups excluding carboxylic acids is 1. The smallest absolute Gasteiger partial charge is 0.411 e. The minimum Gasteiger partial charge on any atom is -0.480 e. The van der Waals surface area contributed by atoms with Crippen molar-refractivity contribution in [1.29, 1.82) is 0 Å². The molecule has 2 aromatic rings. The van der Waals surface area contributed by atoms with Crippen molar-refractivity contribution in [3.05, 3.63) is 71.8 Å². The number of aliphatic carboxylic acids is 2. The van der Waals surface area contributed by atoms with E-state index in [0.29, 0.717) is 32.2 Å². The van der Waals surface area contributed by atoms with Crippen LogP contribution < -0.4 is 5.32 Å². The topological polar surface area (TPSA) is 116 Å². The lowest BCUT2D eigenvalue weighted by Gasteiger charge is -2.36. The second kappa shape index (κ2) is 11.8. The first-order valence-corrected chi connectivity index (χ1v) is 12.8. The standard InChI is InChI=1S/C17H23NO4.C12H15NO2/c1-16(2,3)22-15(21)18-11-7-10-17(18,14(19)20)12-13-8-5-4-6-9-13;14-11(15)12(7-4-8-13-12)9-10-5-2-1-3-6-10/h4-6,8-9H,7,10-12H2,1-3H3,(H,19,20);1-3,5-6,13H,4,7-9H2,(H,14,15)/t17-;12-/m11/s1. The molecular weight excluding hydrogens is 472 g/mol. The quantitative estimate of drug-likeness (QED) is 0.523. The third-order valence-corrected chi connectivity index (χ3v) is 6.84. The Morgan fingerprint density at radius 2 is 1.43 bits per heavy atom. The Kier molecular flexibility index (Phi) is 8.97. The van der Waals surface area contributed by atoms with E-state index in [1.54, 1.807) is 20.8 Å². The number of nitrogens with one attached hydrogen (secondary N) is 1. The Morgan fingerprint density at radius 1 is 0.865 bits per heavy atom. The molecule has 0 aromatic heterocycles. The molecule has 8 nitrogen and oxygen atoms in total. The van der Waals surface area contributed by atoms with Crippen molar-refractivity contribution < 1.29 is 29.3 Å². The number of carboxylic acids is 2. The lowest BCUT2D eigenvalue weighted by atomic mass is 9.88. The number of likely N-dealkylation sites (tertiary alicyclic amines) is 1. The molecule has 2 saturated heterocycles. The Bertz CT molecular complexity index is 1060. The van der Waals surface area contributed by atoms with Gasteiger partial charge in [-0.2, -0.15) is 0 Å². The summed E-state index contributed by atoms with van der Waals surface area (Å²) in [5, 5.41) is 22.2. The molecule has 0 radical (unpaired) electrons. The molecule has 2 aliphatic heterocycles. The molecule has 2 aliphatic rings. The van der Waals surface area contributed by atoms with Crippen LogP contribution in [0.4, 0.5) is 4.79 Å². The zero-order valence-corrected chi connectivity index (χ0v) is 21.9. The molecular formula is C29H38N2O6. The fraction of sp³-hybridized carbons (Fsp3) is 0.483. The predicted molar refractivity (Wildman–Crippen MR) is 140 cm³/mol. The zero-order valence-electron chi connectivity index (χ0n) is 21.9. The summed E-state index contributed by atoms with van der Waals surface area (Å²) >= 11 is 0. The van der Waals surface area contributed by atoms with Crippen LogP contribution in [-0.4, -0.2) is 62.9 Å². The van der Waals surface area contributed by atoms with Crippen LogP contribution in [0.1, 0.15) is 57.6 Å². The van der Waals surface area contributed by atoms with Gasteiger partial charge in [0, 0.05) is 19.4 Å². The molecule has 0 spiro atoms. The maximum atomic E-state index is 12.4. The average Bonchev–Trinajstić information content (AvgIpc) is 3.49. The van der Waals surface area contributed by atoms with E-state index in [1.807, 2.05) is 60.7 Å². The minimum atomic E-state index is -1.22. The van der Waals surface area contributed by atoms with Crippen molar-refractivity contribution >= 4 is 18.0 Å². The fourth-order valence-corrected chi connectivity index (χ4v) is 5.04. The number of carbonyl (C=O) groups is 3. The van der Waals surface area contributed by atoms with E-state index in [4.69, 9.17) is 4.74 Å². The van der Waals surface area contributed by atoms with Crippen molar-refractivity contribution in [3.8, 4) is 0 Å². The maximum Gasteiger partial charge on any atom is 0.411 e. The Labute approximate surface area is 218 Å². The zero-order chi connectivity index (χ0) is 27.1. The highest BCUT2D eigenvalue weighted by atomic mass is 16.6. The van der Waals surface area contributed by atoms with Crippen LogP contribution in [0.25, 0.3) is 0 Å². The summed E-state index contributed by atoms with van der Waals surface area (Å²) in [6.45, 7) is 6.55. The fourth-order valence-electron chi connectivity index (χ4n) is 5.04. The van der Waals surface area contributed by atoms with Gasteiger partial charge in [-0.15, -0.1) is 0 Å². The summed E-state index contributed by atoms with van der Waals surface area (Å²) < 4.78 is 5.39. The van der Waals surface area contributed by atoms with Gasteiger partial charge in [0.2, 0.25) is 0 Å². The molecule has 0 bridgehead atoms. The van der Waals surface area contributed by atoms with Crippen LogP contribution in [0.5, 0.6) is 0 Å². The van der Waals surface area contributed by atoms with Gasteiger partial charge in [-0.25, -0.2) is 9.59 Å². The number of ether oxygens (including phenoxy) is 1. The van der Waals surface area contributed by atoms with Crippen LogP contribution in [0.3, 0.4) is 0 Å². The van der Waals surface area contributed by atoms with E-state index in [-0.39, 0.29) is 0 Å². The molecule has 2 atom stereocenters. The van der Waals surface area contributed by atoms with E-state index >= 15 is 0 Å². The number of amides is 1. The van der Waals surface area contributed by atoms with E-state index < -0.39 is 34.7 Å². The molecule has 0 saturated carbocycles.